The lowest BCUT2D eigenvalue weighted by molar-refractivity contribution is 0.412. The number of benzene rings is 3. The average molecular weight is 514 g/mol. The summed E-state index contributed by atoms with van der Waals surface area (Å²) in [5, 5.41) is 14.1. The van der Waals surface area contributed by atoms with Gasteiger partial charge in [0.25, 0.3) is 0 Å². The quantitative estimate of drug-likeness (QED) is 0.407. The molecule has 0 bridgehead atoms. The number of aryl methyl sites for hydroxylation is 1. The Balaban J connectivity index is 1.76. The summed E-state index contributed by atoms with van der Waals surface area (Å²) in [6, 6.07) is 22.3. The van der Waals surface area contributed by atoms with Crippen LogP contribution in [0.1, 0.15) is 47.8 Å². The second-order valence-electron chi connectivity index (χ2n) is 7.21. The van der Waals surface area contributed by atoms with Gasteiger partial charge in [0.1, 0.15) is 11.9 Å². The van der Waals surface area contributed by atoms with Crippen LogP contribution in [0.25, 0.3) is 0 Å². The molecule has 4 rings (SSSR count). The molecule has 0 saturated carbocycles. The summed E-state index contributed by atoms with van der Waals surface area (Å²) in [6.07, 6.45) is 1.54. The fourth-order valence-corrected chi connectivity index (χ4v) is 4.46. The number of halogens is 2. The Hall–Kier alpha value is -1.95. The van der Waals surface area contributed by atoms with Crippen LogP contribution < -0.4 is 5.32 Å². The zero-order valence-electron chi connectivity index (χ0n) is 16.1. The second-order valence-corrected chi connectivity index (χ2v) is 9.04. The maximum absolute atomic E-state index is 10.5. The van der Waals surface area contributed by atoms with E-state index in [0.717, 1.165) is 37.8 Å². The van der Waals surface area contributed by atoms with E-state index >= 15 is 0 Å². The Labute approximate surface area is 188 Å². The molecule has 29 heavy (non-hydrogen) atoms. The van der Waals surface area contributed by atoms with Crippen molar-refractivity contribution in [3.8, 4) is 5.75 Å². The average Bonchev–Trinajstić information content (AvgIpc) is 2.75. The first-order valence-corrected chi connectivity index (χ1v) is 11.3. The van der Waals surface area contributed by atoms with Crippen LogP contribution in [-0.4, -0.2) is 10.8 Å². The Morgan fingerprint density at radius 2 is 1.76 bits per heavy atom. The van der Waals surface area contributed by atoms with Gasteiger partial charge in [-0.2, -0.15) is 0 Å². The molecule has 2 unspecified atom stereocenters. The van der Waals surface area contributed by atoms with Gasteiger partial charge < -0.3 is 5.11 Å². The van der Waals surface area contributed by atoms with Gasteiger partial charge in [-0.3, -0.25) is 10.3 Å². The van der Waals surface area contributed by atoms with Crippen LogP contribution in [0.3, 0.4) is 0 Å². The van der Waals surface area contributed by atoms with Gasteiger partial charge in [-0.05, 0) is 53.4 Å². The van der Waals surface area contributed by atoms with Gasteiger partial charge in [0.15, 0.2) is 0 Å². The fourth-order valence-electron chi connectivity index (χ4n) is 3.67. The SMILES string of the molecule is CCc1ccc(C2=NC(c3cccc(Br)c3)NC(c3cc(Br)ccc3O)C2)cc1. The van der Waals surface area contributed by atoms with Crippen molar-refractivity contribution in [2.45, 2.75) is 32.0 Å². The summed E-state index contributed by atoms with van der Waals surface area (Å²) in [5.74, 6) is 0.293. The zero-order valence-corrected chi connectivity index (χ0v) is 19.2. The summed E-state index contributed by atoms with van der Waals surface area (Å²) in [6.45, 7) is 2.16. The molecule has 0 fully saturated rings. The summed E-state index contributed by atoms with van der Waals surface area (Å²) >= 11 is 7.10. The molecule has 0 amide bonds. The van der Waals surface area contributed by atoms with E-state index in [0.29, 0.717) is 12.2 Å². The minimum absolute atomic E-state index is 0.0465. The van der Waals surface area contributed by atoms with Crippen LogP contribution >= 0.6 is 31.9 Å². The smallest absolute Gasteiger partial charge is 0.126 e. The second kappa shape index (κ2) is 8.82. The molecule has 1 aliphatic heterocycles. The first kappa shape index (κ1) is 20.3. The first-order valence-electron chi connectivity index (χ1n) is 9.69. The maximum Gasteiger partial charge on any atom is 0.126 e. The number of rotatable bonds is 4. The van der Waals surface area contributed by atoms with E-state index in [9.17, 15) is 5.11 Å². The van der Waals surface area contributed by atoms with Crippen LogP contribution in [0.15, 0.2) is 80.7 Å². The monoisotopic (exact) mass is 512 g/mol. The highest BCUT2D eigenvalue weighted by Crippen LogP contribution is 2.36. The third kappa shape index (κ3) is 4.63. The standard InChI is InChI=1S/C24H22Br2N2O/c1-2-15-6-8-16(9-7-15)21-14-22(20-13-19(26)10-11-23(20)29)28-24(27-21)17-4-3-5-18(25)12-17/h3-13,22,24,28-29H,2,14H2,1H3. The van der Waals surface area contributed by atoms with E-state index in [4.69, 9.17) is 4.99 Å². The molecule has 1 aliphatic rings. The van der Waals surface area contributed by atoms with Crippen LogP contribution in [0.4, 0.5) is 0 Å². The minimum Gasteiger partial charge on any atom is -0.508 e. The third-order valence-corrected chi connectivity index (χ3v) is 6.25. The molecule has 0 saturated heterocycles. The highest BCUT2D eigenvalue weighted by molar-refractivity contribution is 9.10. The van der Waals surface area contributed by atoms with Crippen molar-refractivity contribution >= 4 is 37.6 Å². The molecule has 1 heterocycles. The number of hydrogen-bond acceptors (Lipinski definition) is 3. The molecule has 3 aromatic carbocycles. The van der Waals surface area contributed by atoms with Gasteiger partial charge >= 0.3 is 0 Å². The predicted octanol–water partition coefficient (Wildman–Crippen LogP) is 6.70. The lowest BCUT2D eigenvalue weighted by atomic mass is 9.93. The lowest BCUT2D eigenvalue weighted by Gasteiger charge is -2.31. The number of nitrogens with one attached hydrogen (secondary N) is 1. The Bertz CT molecular complexity index is 1050. The van der Waals surface area contributed by atoms with Gasteiger partial charge in [-0.1, -0.05) is 75.2 Å². The minimum atomic E-state index is -0.189. The van der Waals surface area contributed by atoms with Gasteiger partial charge in [0.05, 0.1) is 0 Å². The topological polar surface area (TPSA) is 44.6 Å². The summed E-state index contributed by atoms with van der Waals surface area (Å²) in [5.41, 5.74) is 5.44. The maximum atomic E-state index is 10.5. The largest absolute Gasteiger partial charge is 0.508 e. The molecule has 0 aromatic heterocycles. The number of phenols is 1. The molecule has 2 N–H and O–H groups in total. The summed E-state index contributed by atoms with van der Waals surface area (Å²) < 4.78 is 1.97. The van der Waals surface area contributed by atoms with E-state index in [1.807, 2.05) is 24.3 Å². The molecular formula is C24H22Br2N2O. The Morgan fingerprint density at radius 1 is 1.00 bits per heavy atom. The predicted molar refractivity (Wildman–Crippen MR) is 126 cm³/mol. The third-order valence-electron chi connectivity index (χ3n) is 5.27. The van der Waals surface area contributed by atoms with E-state index in [1.54, 1.807) is 6.07 Å². The van der Waals surface area contributed by atoms with E-state index in [-0.39, 0.29) is 12.2 Å². The highest BCUT2D eigenvalue weighted by atomic mass is 79.9. The van der Waals surface area contributed by atoms with Crippen LogP contribution in [0, 0.1) is 0 Å². The summed E-state index contributed by atoms with van der Waals surface area (Å²) in [7, 11) is 0. The van der Waals surface area contributed by atoms with Gasteiger partial charge in [0.2, 0.25) is 0 Å². The molecule has 3 aromatic rings. The van der Waals surface area contributed by atoms with Crippen molar-refractivity contribution in [2.75, 3.05) is 0 Å². The van der Waals surface area contributed by atoms with Crippen molar-refractivity contribution < 1.29 is 5.11 Å². The van der Waals surface area contributed by atoms with Gasteiger partial charge in [0, 0.05) is 32.7 Å². The molecular weight excluding hydrogens is 492 g/mol. The molecule has 0 aliphatic carbocycles. The van der Waals surface area contributed by atoms with Crippen molar-refractivity contribution in [1.82, 2.24) is 5.32 Å². The molecule has 2 atom stereocenters. The molecule has 5 heteroatoms. The zero-order chi connectivity index (χ0) is 20.4. The highest BCUT2D eigenvalue weighted by Gasteiger charge is 2.28. The fraction of sp³-hybridized carbons (Fsp3) is 0.208. The molecule has 3 nitrogen and oxygen atoms in total. The lowest BCUT2D eigenvalue weighted by Crippen LogP contribution is -2.33. The molecule has 148 valence electrons. The van der Waals surface area contributed by atoms with Crippen molar-refractivity contribution in [3.63, 3.8) is 0 Å². The molecule has 0 radical (unpaired) electrons. The van der Waals surface area contributed by atoms with Crippen molar-refractivity contribution in [1.29, 1.82) is 0 Å². The Morgan fingerprint density at radius 3 is 2.48 bits per heavy atom. The number of phenolic OH excluding ortho intramolecular Hbond substituents is 1. The molecule has 0 spiro atoms. The van der Waals surface area contributed by atoms with E-state index in [2.05, 4.69) is 80.5 Å². The number of hydrogen-bond donors (Lipinski definition) is 2. The summed E-state index contributed by atoms with van der Waals surface area (Å²) in [4.78, 5) is 5.04. The van der Waals surface area contributed by atoms with Crippen LogP contribution in [-0.2, 0) is 6.42 Å². The normalized spacial score (nSPS) is 19.1. The van der Waals surface area contributed by atoms with Crippen LogP contribution in [0.2, 0.25) is 0 Å². The number of nitrogens with zero attached hydrogens (tertiary/aromatic N) is 1. The van der Waals surface area contributed by atoms with E-state index < -0.39 is 0 Å². The number of aliphatic imine (C=N–C) groups is 1. The Kier molecular flexibility index (Phi) is 6.18. The number of aromatic hydroxyl groups is 1. The van der Waals surface area contributed by atoms with Crippen LogP contribution in [0.5, 0.6) is 5.75 Å². The van der Waals surface area contributed by atoms with E-state index in [1.165, 1.54) is 5.56 Å². The van der Waals surface area contributed by atoms with Gasteiger partial charge in [-0.15, -0.1) is 0 Å². The van der Waals surface area contributed by atoms with Crippen molar-refractivity contribution in [3.05, 3.63) is 97.9 Å². The van der Waals surface area contributed by atoms with Crippen molar-refractivity contribution in [2.24, 2.45) is 4.99 Å². The first-order chi connectivity index (χ1) is 14.0. The van der Waals surface area contributed by atoms with Gasteiger partial charge in [-0.25, -0.2) is 0 Å².